The van der Waals surface area contributed by atoms with E-state index in [-0.39, 0.29) is 18.4 Å². The standard InChI is InChI=1S/C30H35N5O5/c1-7-30(2,3)31-29(37)28(23-17-16-22(39-5)18-26(23)40-6)35(20-12-14-21(38-4)15-13-20)27(36)19-34-25-11-9-8-10-24(25)32-33-34/h8-18,28H,7,19H2,1-6H3,(H,31,37)/t28-/m0/s1. The third-order valence-electron chi connectivity index (χ3n) is 6.91. The highest BCUT2D eigenvalue weighted by atomic mass is 16.5. The van der Waals surface area contributed by atoms with Gasteiger partial charge in [0.1, 0.15) is 35.4 Å². The van der Waals surface area contributed by atoms with Crippen LogP contribution in [0.15, 0.2) is 66.7 Å². The second kappa shape index (κ2) is 12.1. The third kappa shape index (κ3) is 6.01. The zero-order valence-electron chi connectivity index (χ0n) is 23.7. The van der Waals surface area contributed by atoms with E-state index in [0.29, 0.717) is 46.0 Å². The zero-order chi connectivity index (χ0) is 28.9. The van der Waals surface area contributed by atoms with E-state index in [4.69, 9.17) is 14.2 Å². The fourth-order valence-electron chi connectivity index (χ4n) is 4.35. The molecule has 4 aromatic rings. The number of carbonyl (C=O) groups excluding carboxylic acids is 2. The Kier molecular flexibility index (Phi) is 8.57. The van der Waals surface area contributed by atoms with E-state index < -0.39 is 11.6 Å². The first-order chi connectivity index (χ1) is 19.2. The lowest BCUT2D eigenvalue weighted by atomic mass is 9.97. The molecule has 1 N–H and O–H groups in total. The summed E-state index contributed by atoms with van der Waals surface area (Å²) in [5.41, 5.74) is 1.86. The predicted molar refractivity (Wildman–Crippen MR) is 153 cm³/mol. The van der Waals surface area contributed by atoms with Gasteiger partial charge in [0.15, 0.2) is 0 Å². The van der Waals surface area contributed by atoms with Crippen LogP contribution in [-0.2, 0) is 16.1 Å². The van der Waals surface area contributed by atoms with Crippen LogP contribution in [0.5, 0.6) is 17.2 Å². The number of hydrogen-bond acceptors (Lipinski definition) is 7. The highest BCUT2D eigenvalue weighted by Gasteiger charge is 2.37. The van der Waals surface area contributed by atoms with Crippen molar-refractivity contribution in [2.45, 2.75) is 45.3 Å². The fourth-order valence-corrected chi connectivity index (χ4v) is 4.35. The number of hydrogen-bond donors (Lipinski definition) is 1. The molecule has 0 saturated carbocycles. The number of amides is 2. The number of nitrogens with one attached hydrogen (secondary N) is 1. The molecule has 0 aliphatic carbocycles. The van der Waals surface area contributed by atoms with Gasteiger partial charge in [-0.1, -0.05) is 24.3 Å². The lowest BCUT2D eigenvalue weighted by Gasteiger charge is -2.35. The number of rotatable bonds is 11. The van der Waals surface area contributed by atoms with Crippen LogP contribution in [-0.4, -0.2) is 53.7 Å². The number of aromatic nitrogens is 3. The van der Waals surface area contributed by atoms with E-state index in [1.807, 2.05) is 45.0 Å². The maximum absolute atomic E-state index is 14.2. The summed E-state index contributed by atoms with van der Waals surface area (Å²) in [5, 5.41) is 11.5. The topological polar surface area (TPSA) is 108 Å². The van der Waals surface area contributed by atoms with E-state index in [1.165, 1.54) is 16.7 Å². The number of methoxy groups -OCH3 is 3. The SMILES string of the molecule is CCC(C)(C)NC(=O)[C@H](c1ccc(OC)cc1OC)N(C(=O)Cn1nnc2ccccc21)c1ccc(OC)cc1. The summed E-state index contributed by atoms with van der Waals surface area (Å²) in [6.45, 7) is 5.72. The van der Waals surface area contributed by atoms with Gasteiger partial charge in [0.05, 0.1) is 26.8 Å². The highest BCUT2D eigenvalue weighted by Crippen LogP contribution is 2.37. The molecule has 210 valence electrons. The van der Waals surface area contributed by atoms with Crippen molar-refractivity contribution in [3.8, 4) is 17.2 Å². The number of carbonyl (C=O) groups is 2. The maximum Gasteiger partial charge on any atom is 0.249 e. The van der Waals surface area contributed by atoms with E-state index in [0.717, 1.165) is 0 Å². The second-order valence-corrected chi connectivity index (χ2v) is 9.93. The molecule has 0 unspecified atom stereocenters. The Morgan fingerprint density at radius 3 is 2.27 bits per heavy atom. The summed E-state index contributed by atoms with van der Waals surface area (Å²) in [6.07, 6.45) is 0.687. The minimum atomic E-state index is -1.08. The fraction of sp³-hybridized carbons (Fsp3) is 0.333. The molecule has 0 radical (unpaired) electrons. The van der Waals surface area contributed by atoms with Crippen molar-refractivity contribution in [1.82, 2.24) is 20.3 Å². The molecule has 10 nitrogen and oxygen atoms in total. The molecule has 0 aliphatic heterocycles. The molecule has 40 heavy (non-hydrogen) atoms. The van der Waals surface area contributed by atoms with Crippen LogP contribution in [0.3, 0.4) is 0 Å². The average Bonchev–Trinajstić information content (AvgIpc) is 3.37. The van der Waals surface area contributed by atoms with Crippen molar-refractivity contribution < 1.29 is 23.8 Å². The highest BCUT2D eigenvalue weighted by molar-refractivity contribution is 6.02. The van der Waals surface area contributed by atoms with Gasteiger partial charge in [-0.15, -0.1) is 5.10 Å². The second-order valence-electron chi connectivity index (χ2n) is 9.93. The summed E-state index contributed by atoms with van der Waals surface area (Å²) in [6, 6.07) is 18.5. The number of anilines is 1. The number of ether oxygens (including phenoxy) is 3. The van der Waals surface area contributed by atoms with Crippen LogP contribution in [0.1, 0.15) is 38.8 Å². The molecular weight excluding hydrogens is 510 g/mol. The Morgan fingerprint density at radius 1 is 0.950 bits per heavy atom. The number of para-hydroxylation sites is 1. The monoisotopic (exact) mass is 545 g/mol. The summed E-state index contributed by atoms with van der Waals surface area (Å²) in [5.74, 6) is 0.862. The zero-order valence-corrected chi connectivity index (χ0v) is 23.7. The largest absolute Gasteiger partial charge is 0.497 e. The molecule has 1 aromatic heterocycles. The smallest absolute Gasteiger partial charge is 0.249 e. The van der Waals surface area contributed by atoms with Gasteiger partial charge in [0, 0.05) is 22.9 Å². The number of benzene rings is 3. The van der Waals surface area contributed by atoms with Crippen LogP contribution in [0.2, 0.25) is 0 Å². The minimum Gasteiger partial charge on any atom is -0.497 e. The molecule has 4 rings (SSSR count). The molecule has 0 bridgehead atoms. The van der Waals surface area contributed by atoms with Crippen LogP contribution in [0.4, 0.5) is 5.69 Å². The lowest BCUT2D eigenvalue weighted by Crippen LogP contribution is -2.51. The van der Waals surface area contributed by atoms with Gasteiger partial charge in [0.2, 0.25) is 11.8 Å². The summed E-state index contributed by atoms with van der Waals surface area (Å²) in [4.78, 5) is 29.9. The van der Waals surface area contributed by atoms with Crippen molar-refractivity contribution in [2.75, 3.05) is 26.2 Å². The van der Waals surface area contributed by atoms with E-state index >= 15 is 0 Å². The number of nitrogens with zero attached hydrogens (tertiary/aromatic N) is 4. The molecular formula is C30H35N5O5. The minimum absolute atomic E-state index is 0.147. The molecule has 3 aromatic carbocycles. The lowest BCUT2D eigenvalue weighted by molar-refractivity contribution is -0.128. The summed E-state index contributed by atoms with van der Waals surface area (Å²) < 4.78 is 18.0. The molecule has 2 amide bonds. The summed E-state index contributed by atoms with van der Waals surface area (Å²) >= 11 is 0. The number of fused-ring (bicyclic) bond motifs is 1. The predicted octanol–water partition coefficient (Wildman–Crippen LogP) is 4.54. The van der Waals surface area contributed by atoms with Gasteiger partial charge in [0.25, 0.3) is 0 Å². The van der Waals surface area contributed by atoms with Gasteiger partial charge in [-0.05, 0) is 68.8 Å². The van der Waals surface area contributed by atoms with E-state index in [1.54, 1.807) is 56.7 Å². The van der Waals surface area contributed by atoms with Crippen LogP contribution < -0.4 is 24.4 Å². The summed E-state index contributed by atoms with van der Waals surface area (Å²) in [7, 11) is 4.64. The van der Waals surface area contributed by atoms with Gasteiger partial charge in [-0.2, -0.15) is 0 Å². The van der Waals surface area contributed by atoms with Gasteiger partial charge in [-0.25, -0.2) is 4.68 Å². The molecule has 0 fully saturated rings. The first-order valence-electron chi connectivity index (χ1n) is 13.0. The first-order valence-corrected chi connectivity index (χ1v) is 13.0. The van der Waals surface area contributed by atoms with E-state index in [2.05, 4.69) is 15.6 Å². The van der Waals surface area contributed by atoms with Crippen molar-refractivity contribution >= 4 is 28.5 Å². The molecule has 0 saturated heterocycles. The molecule has 10 heteroatoms. The quantitative estimate of drug-likeness (QED) is 0.295. The Morgan fingerprint density at radius 2 is 1.62 bits per heavy atom. The molecule has 0 spiro atoms. The van der Waals surface area contributed by atoms with Crippen LogP contribution >= 0.6 is 0 Å². The van der Waals surface area contributed by atoms with Crippen molar-refractivity contribution in [1.29, 1.82) is 0 Å². The first kappa shape index (κ1) is 28.4. The Balaban J connectivity index is 1.88. The van der Waals surface area contributed by atoms with Gasteiger partial charge >= 0.3 is 0 Å². The molecule has 1 heterocycles. The Labute approximate surface area is 233 Å². The Bertz CT molecular complexity index is 1480. The van der Waals surface area contributed by atoms with Gasteiger partial charge < -0.3 is 19.5 Å². The van der Waals surface area contributed by atoms with Crippen molar-refractivity contribution in [2.24, 2.45) is 0 Å². The van der Waals surface area contributed by atoms with Crippen LogP contribution in [0.25, 0.3) is 11.0 Å². The van der Waals surface area contributed by atoms with E-state index in [9.17, 15) is 9.59 Å². The average molecular weight is 546 g/mol. The Hall–Kier alpha value is -4.60. The van der Waals surface area contributed by atoms with Crippen LogP contribution in [0, 0.1) is 0 Å². The van der Waals surface area contributed by atoms with Crippen molar-refractivity contribution in [3.05, 3.63) is 72.3 Å². The molecule has 0 aliphatic rings. The van der Waals surface area contributed by atoms with Crippen molar-refractivity contribution in [3.63, 3.8) is 0 Å². The molecule has 1 atom stereocenters. The van der Waals surface area contributed by atoms with Gasteiger partial charge in [-0.3, -0.25) is 14.5 Å². The normalized spacial score (nSPS) is 12.1. The maximum atomic E-state index is 14.2. The third-order valence-corrected chi connectivity index (χ3v) is 6.91.